The van der Waals surface area contributed by atoms with Crippen molar-refractivity contribution in [2.24, 2.45) is 0 Å². The summed E-state index contributed by atoms with van der Waals surface area (Å²) < 4.78 is 0. The van der Waals surface area contributed by atoms with Gasteiger partial charge in [0.2, 0.25) is 11.8 Å². The van der Waals surface area contributed by atoms with Crippen LogP contribution in [-0.4, -0.2) is 28.8 Å². The molecule has 2 aromatic carbocycles. The minimum Gasteiger partial charge on any atom is -0.352 e. The molecule has 166 valence electrons. The van der Waals surface area contributed by atoms with Gasteiger partial charge in [-0.15, -0.1) is 0 Å². The van der Waals surface area contributed by atoms with Crippen LogP contribution in [0.2, 0.25) is 10.0 Å². The van der Waals surface area contributed by atoms with Crippen LogP contribution in [0.15, 0.2) is 36.4 Å². The smallest absolute Gasteiger partial charge is 0.242 e. The summed E-state index contributed by atoms with van der Waals surface area (Å²) in [6, 6.07) is 11.0. The summed E-state index contributed by atoms with van der Waals surface area (Å²) in [4.78, 5) is 28.0. The molecule has 1 aliphatic carbocycles. The molecular weight excluding hydrogens is 431 g/mol. The molecule has 0 radical (unpaired) electrons. The topological polar surface area (TPSA) is 49.4 Å². The van der Waals surface area contributed by atoms with E-state index in [1.165, 1.54) is 0 Å². The Morgan fingerprint density at radius 1 is 1.06 bits per heavy atom. The molecule has 0 bridgehead atoms. The molecule has 2 amide bonds. The molecule has 1 atom stereocenters. The van der Waals surface area contributed by atoms with Crippen molar-refractivity contribution in [1.82, 2.24) is 10.2 Å². The van der Waals surface area contributed by atoms with Gasteiger partial charge in [0.1, 0.15) is 6.04 Å². The zero-order chi connectivity index (χ0) is 22.5. The Morgan fingerprint density at radius 2 is 1.77 bits per heavy atom. The Labute approximate surface area is 194 Å². The van der Waals surface area contributed by atoms with Crippen LogP contribution >= 0.6 is 23.2 Å². The molecule has 3 rings (SSSR count). The van der Waals surface area contributed by atoms with Gasteiger partial charge in [0.15, 0.2) is 0 Å². The fourth-order valence-corrected chi connectivity index (χ4v) is 4.39. The van der Waals surface area contributed by atoms with Crippen molar-refractivity contribution >= 4 is 35.0 Å². The first kappa shape index (κ1) is 23.6. The van der Waals surface area contributed by atoms with Gasteiger partial charge in [0, 0.05) is 12.6 Å². The number of hydrogen-bond donors (Lipinski definition) is 1. The molecule has 31 heavy (non-hydrogen) atoms. The standard InChI is InChI=1S/C25H30Cl2N2O2/c1-16-8-9-17(2)20(12-16)14-24(30)29(15-19-10-11-22(26)23(27)13-19)18(3)25(31)28-21-6-4-5-7-21/h8-13,18,21H,4-7,14-15H2,1-3H3,(H,28,31)/t18-/m0/s1. The van der Waals surface area contributed by atoms with Gasteiger partial charge in [-0.2, -0.15) is 0 Å². The van der Waals surface area contributed by atoms with E-state index in [0.717, 1.165) is 47.9 Å². The van der Waals surface area contributed by atoms with E-state index in [1.807, 2.05) is 38.1 Å². The van der Waals surface area contributed by atoms with Crippen LogP contribution in [0.5, 0.6) is 0 Å². The summed E-state index contributed by atoms with van der Waals surface area (Å²) in [6.07, 6.45) is 4.52. The fraction of sp³-hybridized carbons (Fsp3) is 0.440. The predicted octanol–water partition coefficient (Wildman–Crippen LogP) is 5.63. The van der Waals surface area contributed by atoms with Crippen LogP contribution in [0, 0.1) is 13.8 Å². The first-order valence-electron chi connectivity index (χ1n) is 10.8. The molecule has 0 aromatic heterocycles. The maximum absolute atomic E-state index is 13.4. The molecular formula is C25H30Cl2N2O2. The largest absolute Gasteiger partial charge is 0.352 e. The first-order chi connectivity index (χ1) is 14.7. The molecule has 1 saturated carbocycles. The van der Waals surface area contributed by atoms with Gasteiger partial charge >= 0.3 is 0 Å². The third-order valence-corrected chi connectivity index (χ3v) is 6.79. The number of carbonyl (C=O) groups excluding carboxylic acids is 2. The Kier molecular flexibility index (Phi) is 8.01. The molecule has 0 spiro atoms. The predicted molar refractivity (Wildman–Crippen MR) is 126 cm³/mol. The third-order valence-electron chi connectivity index (χ3n) is 6.05. The zero-order valence-electron chi connectivity index (χ0n) is 18.4. The lowest BCUT2D eigenvalue weighted by atomic mass is 10.0. The molecule has 1 N–H and O–H groups in total. The molecule has 0 aliphatic heterocycles. The van der Waals surface area contributed by atoms with Gasteiger partial charge in [-0.05, 0) is 62.4 Å². The van der Waals surface area contributed by atoms with Crippen LogP contribution in [-0.2, 0) is 22.6 Å². The van der Waals surface area contributed by atoms with Crippen molar-refractivity contribution in [3.8, 4) is 0 Å². The number of aryl methyl sites for hydroxylation is 2. The summed E-state index contributed by atoms with van der Waals surface area (Å²) >= 11 is 12.2. The number of hydrogen-bond acceptors (Lipinski definition) is 2. The average molecular weight is 461 g/mol. The quantitative estimate of drug-likeness (QED) is 0.581. The van der Waals surface area contributed by atoms with E-state index in [-0.39, 0.29) is 24.3 Å². The van der Waals surface area contributed by atoms with E-state index in [4.69, 9.17) is 23.2 Å². The van der Waals surface area contributed by atoms with Crippen LogP contribution in [0.1, 0.15) is 54.9 Å². The number of carbonyl (C=O) groups is 2. The minimum atomic E-state index is -0.590. The number of amides is 2. The van der Waals surface area contributed by atoms with Crippen molar-refractivity contribution in [3.63, 3.8) is 0 Å². The van der Waals surface area contributed by atoms with Crippen LogP contribution in [0.25, 0.3) is 0 Å². The van der Waals surface area contributed by atoms with Crippen LogP contribution < -0.4 is 5.32 Å². The molecule has 6 heteroatoms. The highest BCUT2D eigenvalue weighted by Gasteiger charge is 2.28. The summed E-state index contributed by atoms with van der Waals surface area (Å²) in [6.45, 7) is 6.10. The van der Waals surface area contributed by atoms with Crippen LogP contribution in [0.3, 0.4) is 0 Å². The molecule has 0 saturated heterocycles. The van der Waals surface area contributed by atoms with Crippen molar-refractivity contribution in [2.75, 3.05) is 0 Å². The molecule has 1 fully saturated rings. The van der Waals surface area contributed by atoms with Gasteiger partial charge < -0.3 is 10.2 Å². The molecule has 1 aliphatic rings. The lowest BCUT2D eigenvalue weighted by Crippen LogP contribution is -2.50. The maximum Gasteiger partial charge on any atom is 0.242 e. The molecule has 0 unspecified atom stereocenters. The number of halogens is 2. The minimum absolute atomic E-state index is 0.0890. The van der Waals surface area contributed by atoms with E-state index < -0.39 is 6.04 Å². The summed E-state index contributed by atoms with van der Waals surface area (Å²) in [5.74, 6) is -0.199. The SMILES string of the molecule is Cc1ccc(C)c(CC(=O)N(Cc2ccc(Cl)c(Cl)c2)[C@@H](C)C(=O)NC2CCCC2)c1. The Bertz CT molecular complexity index is 955. The number of nitrogens with zero attached hydrogens (tertiary/aromatic N) is 1. The first-order valence-corrected chi connectivity index (χ1v) is 11.6. The highest BCUT2D eigenvalue weighted by Crippen LogP contribution is 2.24. The molecule has 4 nitrogen and oxygen atoms in total. The second-order valence-corrected chi connectivity index (χ2v) is 9.36. The van der Waals surface area contributed by atoms with Gasteiger partial charge in [-0.3, -0.25) is 9.59 Å². The van der Waals surface area contributed by atoms with E-state index in [1.54, 1.807) is 24.0 Å². The number of benzene rings is 2. The van der Waals surface area contributed by atoms with E-state index in [9.17, 15) is 9.59 Å². The van der Waals surface area contributed by atoms with E-state index in [0.29, 0.717) is 16.6 Å². The Morgan fingerprint density at radius 3 is 2.45 bits per heavy atom. The van der Waals surface area contributed by atoms with Crippen LogP contribution in [0.4, 0.5) is 0 Å². The fourth-order valence-electron chi connectivity index (χ4n) is 4.06. The van der Waals surface area contributed by atoms with Gasteiger partial charge in [0.25, 0.3) is 0 Å². The van der Waals surface area contributed by atoms with Crippen molar-refractivity contribution < 1.29 is 9.59 Å². The summed E-state index contributed by atoms with van der Waals surface area (Å²) in [5.41, 5.74) is 3.99. The van der Waals surface area contributed by atoms with E-state index in [2.05, 4.69) is 5.32 Å². The Hall–Kier alpha value is -2.04. The van der Waals surface area contributed by atoms with Gasteiger partial charge in [-0.1, -0.05) is 65.9 Å². The molecule has 0 heterocycles. The monoisotopic (exact) mass is 460 g/mol. The lowest BCUT2D eigenvalue weighted by molar-refractivity contribution is -0.140. The molecule has 2 aromatic rings. The second-order valence-electron chi connectivity index (χ2n) is 8.54. The highest BCUT2D eigenvalue weighted by molar-refractivity contribution is 6.42. The zero-order valence-corrected chi connectivity index (χ0v) is 19.9. The van der Waals surface area contributed by atoms with Crippen molar-refractivity contribution in [1.29, 1.82) is 0 Å². The normalized spacial score (nSPS) is 15.0. The number of nitrogens with one attached hydrogen (secondary N) is 1. The summed E-state index contributed by atoms with van der Waals surface area (Å²) in [7, 11) is 0. The van der Waals surface area contributed by atoms with Crippen molar-refractivity contribution in [3.05, 3.63) is 68.7 Å². The maximum atomic E-state index is 13.4. The third kappa shape index (κ3) is 6.24. The average Bonchev–Trinajstić information content (AvgIpc) is 3.24. The van der Waals surface area contributed by atoms with Crippen molar-refractivity contribution in [2.45, 2.75) is 71.5 Å². The number of rotatable bonds is 7. The lowest BCUT2D eigenvalue weighted by Gasteiger charge is -2.30. The summed E-state index contributed by atoms with van der Waals surface area (Å²) in [5, 5.41) is 4.02. The second kappa shape index (κ2) is 10.5. The van der Waals surface area contributed by atoms with E-state index >= 15 is 0 Å². The highest BCUT2D eigenvalue weighted by atomic mass is 35.5. The Balaban J connectivity index is 1.82. The van der Waals surface area contributed by atoms with Gasteiger partial charge in [0.05, 0.1) is 16.5 Å². The van der Waals surface area contributed by atoms with Gasteiger partial charge in [-0.25, -0.2) is 0 Å².